The van der Waals surface area contributed by atoms with Gasteiger partial charge in [0.1, 0.15) is 18.1 Å². The molecule has 0 aromatic heterocycles. The van der Waals surface area contributed by atoms with E-state index in [9.17, 15) is 17.6 Å². The molecule has 1 amide bonds. The number of amides is 1. The smallest absolute Gasteiger partial charge is 0.264 e. The minimum Gasteiger partial charge on any atom is -0.497 e. The van der Waals surface area contributed by atoms with Gasteiger partial charge in [0.2, 0.25) is 11.7 Å². The number of carbonyl (C=O) groups excluding carboxylic acids is 1. The molecule has 0 spiro atoms. The normalized spacial score (nSPS) is 10.9. The maximum Gasteiger partial charge on any atom is 0.264 e. The van der Waals surface area contributed by atoms with Crippen LogP contribution in [0.15, 0.2) is 65.6 Å². The molecule has 0 bridgehead atoms. The van der Waals surface area contributed by atoms with Gasteiger partial charge in [-0.15, -0.1) is 0 Å². The number of nitrogens with zero attached hydrogens (tertiary/aromatic N) is 1. The molecule has 0 saturated heterocycles. The molecule has 0 aliphatic rings. The Balaban J connectivity index is 1.87. The minimum atomic E-state index is -4.17. The van der Waals surface area contributed by atoms with Gasteiger partial charge in [-0.3, -0.25) is 9.10 Å². The highest BCUT2D eigenvalue weighted by Crippen LogP contribution is 2.39. The van der Waals surface area contributed by atoms with Crippen molar-refractivity contribution in [3.8, 4) is 23.0 Å². The van der Waals surface area contributed by atoms with E-state index in [1.807, 2.05) is 0 Å². The van der Waals surface area contributed by atoms with Gasteiger partial charge in [-0.2, -0.15) is 0 Å². The van der Waals surface area contributed by atoms with E-state index in [1.54, 1.807) is 12.1 Å². The second-order valence-electron chi connectivity index (χ2n) is 7.43. The Bertz CT molecular complexity index is 1300. The molecule has 0 aliphatic heterocycles. The zero-order valence-corrected chi connectivity index (χ0v) is 21.1. The number of anilines is 1. The van der Waals surface area contributed by atoms with Crippen LogP contribution in [0.1, 0.15) is 5.56 Å². The number of hydrogen-bond acceptors (Lipinski definition) is 7. The van der Waals surface area contributed by atoms with E-state index in [0.29, 0.717) is 28.6 Å². The third-order valence-corrected chi connectivity index (χ3v) is 7.10. The predicted molar refractivity (Wildman–Crippen MR) is 132 cm³/mol. The topological polar surface area (TPSA) is 103 Å². The standard InChI is InChI=1S/C25H27FN2O7S/c1-32-20-10-12-21(13-11-20)36(30,31)28(19-8-6-18(26)7-9-19)16-23(29)27-15-17-5-14-22(33-2)25(35-4)24(17)34-3/h5-14H,15-16H2,1-4H3,(H,27,29). The summed E-state index contributed by atoms with van der Waals surface area (Å²) in [5, 5.41) is 2.70. The largest absolute Gasteiger partial charge is 0.497 e. The van der Waals surface area contributed by atoms with Crippen LogP contribution in [-0.2, 0) is 21.4 Å². The molecule has 192 valence electrons. The van der Waals surface area contributed by atoms with Gasteiger partial charge >= 0.3 is 0 Å². The molecular formula is C25H27FN2O7S. The molecule has 9 nitrogen and oxygen atoms in total. The number of sulfonamides is 1. The molecule has 1 N–H and O–H groups in total. The summed E-state index contributed by atoms with van der Waals surface area (Å²) in [5.74, 6) is 0.542. The third kappa shape index (κ3) is 5.80. The molecule has 11 heteroatoms. The lowest BCUT2D eigenvalue weighted by Gasteiger charge is -2.24. The fourth-order valence-corrected chi connectivity index (χ4v) is 4.90. The zero-order valence-electron chi connectivity index (χ0n) is 20.3. The van der Waals surface area contributed by atoms with Gasteiger partial charge in [0.25, 0.3) is 10.0 Å². The molecule has 3 rings (SSSR count). The van der Waals surface area contributed by atoms with Crippen molar-refractivity contribution in [3.63, 3.8) is 0 Å². The van der Waals surface area contributed by atoms with E-state index in [4.69, 9.17) is 18.9 Å². The average Bonchev–Trinajstić information content (AvgIpc) is 2.90. The molecule has 3 aromatic carbocycles. The summed E-state index contributed by atoms with van der Waals surface area (Å²) in [4.78, 5) is 12.9. The molecule has 0 heterocycles. The van der Waals surface area contributed by atoms with Gasteiger partial charge in [0, 0.05) is 12.1 Å². The molecule has 0 radical (unpaired) electrons. The summed E-state index contributed by atoms with van der Waals surface area (Å²) < 4.78 is 62.5. The van der Waals surface area contributed by atoms with E-state index < -0.39 is 28.3 Å². The Morgan fingerprint density at radius 1 is 0.833 bits per heavy atom. The Kier molecular flexibility index (Phi) is 8.59. The lowest BCUT2D eigenvalue weighted by molar-refractivity contribution is -0.119. The van der Waals surface area contributed by atoms with Crippen LogP contribution < -0.4 is 28.6 Å². The van der Waals surface area contributed by atoms with Crippen molar-refractivity contribution in [1.29, 1.82) is 0 Å². The average molecular weight is 519 g/mol. The highest BCUT2D eigenvalue weighted by Gasteiger charge is 2.27. The van der Waals surface area contributed by atoms with Crippen LogP contribution in [0.2, 0.25) is 0 Å². The molecule has 0 aliphatic carbocycles. The monoisotopic (exact) mass is 518 g/mol. The highest BCUT2D eigenvalue weighted by molar-refractivity contribution is 7.92. The van der Waals surface area contributed by atoms with Crippen molar-refractivity contribution in [3.05, 3.63) is 72.0 Å². The number of ether oxygens (including phenoxy) is 4. The Morgan fingerprint density at radius 3 is 2.03 bits per heavy atom. The number of halogens is 1. The van der Waals surface area contributed by atoms with E-state index in [-0.39, 0.29) is 17.1 Å². The van der Waals surface area contributed by atoms with Crippen molar-refractivity contribution in [2.75, 3.05) is 39.3 Å². The maximum absolute atomic E-state index is 13.5. The third-order valence-electron chi connectivity index (χ3n) is 5.31. The summed E-state index contributed by atoms with van der Waals surface area (Å²) in [6.07, 6.45) is 0. The van der Waals surface area contributed by atoms with Gasteiger partial charge in [0.05, 0.1) is 39.0 Å². The first-order chi connectivity index (χ1) is 17.2. The van der Waals surface area contributed by atoms with Gasteiger partial charge in [0.15, 0.2) is 11.5 Å². The summed E-state index contributed by atoms with van der Waals surface area (Å²) in [6, 6.07) is 13.9. The molecule has 0 fully saturated rings. The fourth-order valence-electron chi connectivity index (χ4n) is 3.48. The van der Waals surface area contributed by atoms with Crippen molar-refractivity contribution in [1.82, 2.24) is 5.32 Å². The molecular weight excluding hydrogens is 491 g/mol. The minimum absolute atomic E-state index is 0.0300. The first-order valence-electron chi connectivity index (χ1n) is 10.7. The highest BCUT2D eigenvalue weighted by atomic mass is 32.2. The maximum atomic E-state index is 13.5. The number of methoxy groups -OCH3 is 4. The van der Waals surface area contributed by atoms with Crippen molar-refractivity contribution < 1.29 is 36.6 Å². The van der Waals surface area contributed by atoms with Crippen LogP contribution in [0.25, 0.3) is 0 Å². The molecule has 0 unspecified atom stereocenters. The molecule has 36 heavy (non-hydrogen) atoms. The summed E-state index contributed by atoms with van der Waals surface area (Å²) >= 11 is 0. The van der Waals surface area contributed by atoms with E-state index in [2.05, 4.69) is 5.32 Å². The lowest BCUT2D eigenvalue weighted by atomic mass is 10.1. The first kappa shape index (κ1) is 26.6. The van der Waals surface area contributed by atoms with E-state index in [1.165, 1.54) is 64.8 Å². The molecule has 0 atom stereocenters. The van der Waals surface area contributed by atoms with Crippen LogP contribution in [0.5, 0.6) is 23.0 Å². The van der Waals surface area contributed by atoms with Crippen molar-refractivity contribution in [2.45, 2.75) is 11.4 Å². The van der Waals surface area contributed by atoms with Gasteiger partial charge in [-0.05, 0) is 60.7 Å². The lowest BCUT2D eigenvalue weighted by Crippen LogP contribution is -2.40. The fraction of sp³-hybridized carbons (Fsp3) is 0.240. The van der Waals surface area contributed by atoms with Crippen molar-refractivity contribution in [2.24, 2.45) is 0 Å². The predicted octanol–water partition coefficient (Wildman–Crippen LogP) is 3.37. The van der Waals surface area contributed by atoms with Crippen LogP contribution in [0.3, 0.4) is 0 Å². The van der Waals surface area contributed by atoms with E-state index in [0.717, 1.165) is 16.4 Å². The number of hydrogen-bond donors (Lipinski definition) is 1. The number of nitrogens with one attached hydrogen (secondary N) is 1. The van der Waals surface area contributed by atoms with Crippen molar-refractivity contribution >= 4 is 21.6 Å². The second kappa shape index (κ2) is 11.6. The first-order valence-corrected chi connectivity index (χ1v) is 12.2. The Morgan fingerprint density at radius 2 is 1.47 bits per heavy atom. The SMILES string of the molecule is COc1ccc(S(=O)(=O)N(CC(=O)NCc2ccc(OC)c(OC)c2OC)c2ccc(F)cc2)cc1. The Labute approximate surface area is 209 Å². The number of benzene rings is 3. The van der Waals surface area contributed by atoms with Gasteiger partial charge in [-0.25, -0.2) is 12.8 Å². The van der Waals surface area contributed by atoms with Crippen LogP contribution in [0.4, 0.5) is 10.1 Å². The summed E-state index contributed by atoms with van der Waals surface area (Å²) in [5.41, 5.74) is 0.723. The number of rotatable bonds is 11. The Hall–Kier alpha value is -3.99. The van der Waals surface area contributed by atoms with Crippen LogP contribution >= 0.6 is 0 Å². The van der Waals surface area contributed by atoms with Crippen LogP contribution in [-0.4, -0.2) is 49.3 Å². The second-order valence-corrected chi connectivity index (χ2v) is 9.30. The quantitative estimate of drug-likeness (QED) is 0.415. The molecule has 3 aromatic rings. The molecule has 0 saturated carbocycles. The van der Waals surface area contributed by atoms with Gasteiger partial charge < -0.3 is 24.3 Å². The van der Waals surface area contributed by atoms with Crippen LogP contribution in [0, 0.1) is 5.82 Å². The van der Waals surface area contributed by atoms with Gasteiger partial charge in [-0.1, -0.05) is 0 Å². The summed E-state index contributed by atoms with van der Waals surface area (Å²) in [6.45, 7) is -0.516. The number of carbonyl (C=O) groups is 1. The zero-order chi connectivity index (χ0) is 26.3. The van der Waals surface area contributed by atoms with E-state index >= 15 is 0 Å². The summed E-state index contributed by atoms with van der Waals surface area (Å²) in [7, 11) is 1.71.